The van der Waals surface area contributed by atoms with Crippen LogP contribution in [0.2, 0.25) is 0 Å². The monoisotopic (exact) mass is 496 g/mol. The van der Waals surface area contributed by atoms with E-state index >= 15 is 0 Å². The zero-order valence-electron chi connectivity index (χ0n) is 18.7. The van der Waals surface area contributed by atoms with Crippen molar-refractivity contribution in [2.45, 2.75) is 42.0 Å². The van der Waals surface area contributed by atoms with Crippen LogP contribution >= 0.6 is 23.1 Å². The molecule has 1 aromatic heterocycles. The van der Waals surface area contributed by atoms with Gasteiger partial charge >= 0.3 is 4.87 Å². The van der Waals surface area contributed by atoms with Crippen molar-refractivity contribution < 1.29 is 13.9 Å². The number of carbonyl (C=O) groups is 1. The molecule has 2 saturated carbocycles. The van der Waals surface area contributed by atoms with Crippen LogP contribution in [0.4, 0.5) is 10.1 Å². The molecule has 1 aliphatic heterocycles. The van der Waals surface area contributed by atoms with E-state index in [0.717, 1.165) is 21.2 Å². The Morgan fingerprint density at radius 2 is 1.91 bits per heavy atom. The van der Waals surface area contributed by atoms with E-state index in [0.29, 0.717) is 28.7 Å². The number of methoxy groups -OCH3 is 1. The first-order chi connectivity index (χ1) is 16.5. The number of fused-ring (bicyclic) bond motifs is 6. The van der Waals surface area contributed by atoms with Crippen molar-refractivity contribution in [1.29, 1.82) is 0 Å². The molecule has 2 fully saturated rings. The second-order valence-electron chi connectivity index (χ2n) is 9.39. The molecule has 2 bridgehead atoms. The molecule has 34 heavy (non-hydrogen) atoms. The van der Waals surface area contributed by atoms with Gasteiger partial charge in [0.1, 0.15) is 18.1 Å². The van der Waals surface area contributed by atoms with Gasteiger partial charge in [-0.25, -0.2) is 4.39 Å². The lowest BCUT2D eigenvalue weighted by molar-refractivity contribution is -0.116. The molecule has 4 unspecified atom stereocenters. The van der Waals surface area contributed by atoms with E-state index in [2.05, 4.69) is 11.4 Å². The lowest BCUT2D eigenvalue weighted by Crippen LogP contribution is -2.35. The molecule has 0 radical (unpaired) electrons. The zero-order chi connectivity index (χ0) is 23.4. The number of rotatable bonds is 5. The maximum absolute atomic E-state index is 13.2. The summed E-state index contributed by atoms with van der Waals surface area (Å²) in [5.74, 6) is 2.10. The number of para-hydroxylation sites is 1. The maximum Gasteiger partial charge on any atom is 0.308 e. The third-order valence-electron chi connectivity index (χ3n) is 7.59. The van der Waals surface area contributed by atoms with Crippen LogP contribution in [0.3, 0.4) is 0 Å². The number of thioether (sulfide) groups is 1. The van der Waals surface area contributed by atoms with Crippen LogP contribution in [0, 0.1) is 23.6 Å². The number of carbonyl (C=O) groups excluding carboxylic acids is 1. The first-order valence-electron chi connectivity index (χ1n) is 11.6. The molecule has 6 rings (SSSR count). The summed E-state index contributed by atoms with van der Waals surface area (Å²) in [7, 11) is 1.70. The highest BCUT2D eigenvalue weighted by Crippen LogP contribution is 2.64. The summed E-state index contributed by atoms with van der Waals surface area (Å²) in [5, 5.41) is 4.16. The van der Waals surface area contributed by atoms with Crippen molar-refractivity contribution in [3.63, 3.8) is 0 Å². The first kappa shape index (κ1) is 21.9. The summed E-state index contributed by atoms with van der Waals surface area (Å²) < 4.78 is 20.6. The summed E-state index contributed by atoms with van der Waals surface area (Å²) in [6.45, 7) is -0.0564. The number of ether oxygens (including phenoxy) is 1. The quantitative estimate of drug-likeness (QED) is 0.517. The van der Waals surface area contributed by atoms with Gasteiger partial charge in [-0.15, -0.1) is 11.8 Å². The number of thiazole rings is 1. The fourth-order valence-corrected chi connectivity index (χ4v) is 9.38. The van der Waals surface area contributed by atoms with Crippen molar-refractivity contribution in [2.75, 3.05) is 12.4 Å². The summed E-state index contributed by atoms with van der Waals surface area (Å²) >= 11 is 3.07. The largest absolute Gasteiger partial charge is 0.496 e. The van der Waals surface area contributed by atoms with Gasteiger partial charge in [-0.2, -0.15) is 0 Å². The summed E-state index contributed by atoms with van der Waals surface area (Å²) in [6.07, 6.45) is 3.74. The van der Waals surface area contributed by atoms with Gasteiger partial charge in [-0.3, -0.25) is 14.2 Å². The third kappa shape index (κ3) is 3.58. The number of hydrogen-bond donors (Lipinski definition) is 1. The highest BCUT2D eigenvalue weighted by atomic mass is 32.2. The number of amides is 1. The molecule has 2 aliphatic carbocycles. The molecule has 8 heteroatoms. The number of nitrogens with zero attached hydrogens (tertiary/aromatic N) is 1. The summed E-state index contributed by atoms with van der Waals surface area (Å²) in [4.78, 5) is 26.9. The van der Waals surface area contributed by atoms with Crippen molar-refractivity contribution in [1.82, 2.24) is 4.57 Å². The molecule has 3 aromatic rings. The molecule has 2 aromatic carbocycles. The van der Waals surface area contributed by atoms with E-state index in [-0.39, 0.29) is 29.1 Å². The molecule has 5 nitrogen and oxygen atoms in total. The Balaban J connectivity index is 1.38. The smallest absolute Gasteiger partial charge is 0.308 e. The first-order valence-corrected chi connectivity index (χ1v) is 13.3. The van der Waals surface area contributed by atoms with Crippen LogP contribution in [0.5, 0.6) is 5.75 Å². The Labute approximate surface area is 205 Å². The van der Waals surface area contributed by atoms with E-state index < -0.39 is 0 Å². The molecular formula is C26H25FN2O3S2. The van der Waals surface area contributed by atoms with Crippen LogP contribution in [-0.4, -0.2) is 22.8 Å². The molecule has 5 atom stereocenters. The SMILES string of the molecule is COc1ccccc1[C@@H]1c2sc(=O)n(CC(=O)Nc3ccc(F)cc3)c2SC2C3CCC(C3)C21. The number of anilines is 1. The number of aromatic nitrogens is 1. The maximum atomic E-state index is 13.2. The number of hydrogen-bond acceptors (Lipinski definition) is 5. The Morgan fingerprint density at radius 1 is 1.15 bits per heavy atom. The average molecular weight is 497 g/mol. The summed E-state index contributed by atoms with van der Waals surface area (Å²) in [5.41, 5.74) is 1.65. The van der Waals surface area contributed by atoms with Gasteiger partial charge in [0.15, 0.2) is 0 Å². The normalized spacial score (nSPS) is 26.7. The van der Waals surface area contributed by atoms with Crippen molar-refractivity contribution >= 4 is 34.7 Å². The molecule has 1 N–H and O–H groups in total. The van der Waals surface area contributed by atoms with E-state index in [1.807, 2.05) is 18.2 Å². The highest BCUT2D eigenvalue weighted by Gasteiger charge is 2.55. The lowest BCUT2D eigenvalue weighted by Gasteiger charge is -2.40. The zero-order valence-corrected chi connectivity index (χ0v) is 20.3. The number of nitrogens with one attached hydrogen (secondary N) is 1. The minimum atomic E-state index is -0.361. The van der Waals surface area contributed by atoms with Gasteiger partial charge < -0.3 is 10.1 Å². The number of halogens is 1. The van der Waals surface area contributed by atoms with E-state index in [1.165, 1.54) is 54.9 Å². The van der Waals surface area contributed by atoms with E-state index in [4.69, 9.17) is 4.74 Å². The van der Waals surface area contributed by atoms with Crippen LogP contribution in [-0.2, 0) is 11.3 Å². The Bertz CT molecular complexity index is 1300. The van der Waals surface area contributed by atoms with Gasteiger partial charge in [0.25, 0.3) is 0 Å². The molecule has 176 valence electrons. The van der Waals surface area contributed by atoms with Crippen molar-refractivity contribution in [3.05, 3.63) is 74.5 Å². The second-order valence-corrected chi connectivity index (χ2v) is 11.6. The Hall–Kier alpha value is -2.58. The lowest BCUT2D eigenvalue weighted by atomic mass is 9.74. The molecule has 2 heterocycles. The predicted molar refractivity (Wildman–Crippen MR) is 132 cm³/mol. The molecule has 0 saturated heterocycles. The Morgan fingerprint density at radius 3 is 2.71 bits per heavy atom. The highest BCUT2D eigenvalue weighted by molar-refractivity contribution is 8.00. The van der Waals surface area contributed by atoms with Gasteiger partial charge in [0.05, 0.1) is 12.1 Å². The molecule has 0 spiro atoms. The molecule has 3 aliphatic rings. The topological polar surface area (TPSA) is 60.3 Å². The fraction of sp³-hybridized carbons (Fsp3) is 0.385. The summed E-state index contributed by atoms with van der Waals surface area (Å²) in [6, 6.07) is 13.8. The molecule has 1 amide bonds. The minimum absolute atomic E-state index is 0.0564. The number of benzene rings is 2. The average Bonchev–Trinajstić information content (AvgIpc) is 3.54. The van der Waals surface area contributed by atoms with Crippen molar-refractivity contribution in [3.8, 4) is 5.75 Å². The van der Waals surface area contributed by atoms with Gasteiger partial charge in [0, 0.05) is 27.3 Å². The third-order valence-corrected chi connectivity index (χ3v) is 10.4. The minimum Gasteiger partial charge on any atom is -0.496 e. The second kappa shape index (κ2) is 8.57. The van der Waals surface area contributed by atoms with Crippen LogP contribution in [0.15, 0.2) is 58.4 Å². The van der Waals surface area contributed by atoms with Gasteiger partial charge in [0.2, 0.25) is 5.91 Å². The van der Waals surface area contributed by atoms with E-state index in [1.54, 1.807) is 23.4 Å². The van der Waals surface area contributed by atoms with Crippen LogP contribution in [0.1, 0.15) is 35.6 Å². The molecular weight excluding hydrogens is 471 g/mol. The van der Waals surface area contributed by atoms with Gasteiger partial charge in [-0.1, -0.05) is 29.5 Å². The van der Waals surface area contributed by atoms with Crippen LogP contribution < -0.4 is 14.9 Å². The predicted octanol–water partition coefficient (Wildman–Crippen LogP) is 5.35. The van der Waals surface area contributed by atoms with Gasteiger partial charge in [-0.05, 0) is 67.3 Å². The standard InChI is InChI=1S/C26H25FN2O3S2/c1-32-19-5-3-2-4-18(19)22-21-14-6-7-15(12-14)23(21)33-25-24(22)34-26(31)29(25)13-20(30)28-17-10-8-16(27)9-11-17/h2-5,8-11,14-15,21-23H,6-7,12-13H2,1H3,(H,28,30)/t14?,15?,21?,22-,23?/m0/s1. The Kier molecular flexibility index (Phi) is 5.53. The van der Waals surface area contributed by atoms with Crippen LogP contribution in [0.25, 0.3) is 0 Å². The fourth-order valence-electron chi connectivity index (χ4n) is 6.24. The van der Waals surface area contributed by atoms with Crippen molar-refractivity contribution in [2.24, 2.45) is 17.8 Å². The van der Waals surface area contributed by atoms with E-state index in [9.17, 15) is 14.0 Å².